The van der Waals surface area contributed by atoms with Crippen LogP contribution in [0.1, 0.15) is 0 Å². The fourth-order valence-electron chi connectivity index (χ4n) is 1.91. The Morgan fingerprint density at radius 1 is 1.00 bits per heavy atom. The van der Waals surface area contributed by atoms with Crippen molar-refractivity contribution in [2.45, 2.75) is 0 Å². The van der Waals surface area contributed by atoms with Gasteiger partial charge in [-0.2, -0.15) is 8.78 Å². The maximum absolute atomic E-state index is 14.0. The molecule has 0 amide bonds. The van der Waals surface area contributed by atoms with Crippen molar-refractivity contribution in [3.63, 3.8) is 0 Å². The number of para-hydroxylation sites is 2. The van der Waals surface area contributed by atoms with E-state index >= 15 is 0 Å². The highest BCUT2D eigenvalue weighted by atomic mass is 19.2. The Kier molecular flexibility index (Phi) is 3.54. The minimum absolute atomic E-state index is 0.0503. The Morgan fingerprint density at radius 3 is 2.45 bits per heavy atom. The predicted octanol–water partition coefficient (Wildman–Crippen LogP) is 3.85. The maximum atomic E-state index is 14.0. The van der Waals surface area contributed by atoms with Crippen LogP contribution in [-0.4, -0.2) is 17.1 Å². The van der Waals surface area contributed by atoms with Gasteiger partial charge in [-0.15, -0.1) is 0 Å². The van der Waals surface area contributed by atoms with Crippen LogP contribution in [-0.2, 0) is 0 Å². The molecule has 2 aromatic carbocycles. The topological polar surface area (TPSA) is 44.2 Å². The highest BCUT2D eigenvalue weighted by molar-refractivity contribution is 5.74. The lowest BCUT2D eigenvalue weighted by Gasteiger charge is -2.10. The average molecular weight is 306 g/mol. The molecule has 0 bridgehead atoms. The van der Waals surface area contributed by atoms with E-state index < -0.39 is 29.0 Å². The van der Waals surface area contributed by atoms with Gasteiger partial charge in [-0.05, 0) is 12.1 Å². The molecule has 1 heterocycles. The van der Waals surface area contributed by atoms with Gasteiger partial charge in [-0.3, -0.25) is 0 Å². The zero-order valence-electron chi connectivity index (χ0n) is 11.3. The van der Waals surface area contributed by atoms with Crippen molar-refractivity contribution in [1.29, 1.82) is 0 Å². The number of fused-ring (bicyclic) bond motifs is 1. The fraction of sp³-hybridized carbons (Fsp3) is 0.0667. The van der Waals surface area contributed by atoms with E-state index in [4.69, 9.17) is 4.74 Å². The first kappa shape index (κ1) is 14.1. The molecule has 0 aliphatic heterocycles. The Labute approximate surface area is 123 Å². The van der Waals surface area contributed by atoms with Crippen LogP contribution in [0, 0.1) is 17.5 Å². The Balaban J connectivity index is 2.03. The molecule has 112 valence electrons. The summed E-state index contributed by atoms with van der Waals surface area (Å²) < 4.78 is 50.5. The molecule has 0 fully saturated rings. The fourth-order valence-corrected chi connectivity index (χ4v) is 1.91. The van der Waals surface area contributed by atoms with Crippen LogP contribution in [0.4, 0.5) is 13.2 Å². The van der Waals surface area contributed by atoms with Gasteiger partial charge in [0, 0.05) is 6.07 Å². The van der Waals surface area contributed by atoms with E-state index in [0.29, 0.717) is 17.1 Å². The highest BCUT2D eigenvalue weighted by Crippen LogP contribution is 2.33. The van der Waals surface area contributed by atoms with Crippen LogP contribution in [0.5, 0.6) is 17.4 Å². The van der Waals surface area contributed by atoms with Crippen LogP contribution in [0.15, 0.2) is 36.5 Å². The zero-order chi connectivity index (χ0) is 15.7. The third-order valence-electron chi connectivity index (χ3n) is 2.93. The van der Waals surface area contributed by atoms with Crippen molar-refractivity contribution in [3.8, 4) is 17.4 Å². The molecule has 0 N–H and O–H groups in total. The molecule has 4 nitrogen and oxygen atoms in total. The van der Waals surface area contributed by atoms with Gasteiger partial charge in [-0.25, -0.2) is 14.4 Å². The summed E-state index contributed by atoms with van der Waals surface area (Å²) in [7, 11) is 1.03. The first-order chi connectivity index (χ1) is 10.6. The van der Waals surface area contributed by atoms with Gasteiger partial charge >= 0.3 is 0 Å². The second-order valence-corrected chi connectivity index (χ2v) is 4.32. The van der Waals surface area contributed by atoms with E-state index in [9.17, 15) is 13.2 Å². The summed E-state index contributed by atoms with van der Waals surface area (Å²) in [6.07, 6.45) is 1.26. The van der Waals surface area contributed by atoms with Crippen molar-refractivity contribution in [2.75, 3.05) is 7.11 Å². The van der Waals surface area contributed by atoms with Crippen LogP contribution in [0.3, 0.4) is 0 Å². The number of rotatable bonds is 3. The SMILES string of the molecule is COc1c(F)c(F)cc(Oc2cnc3ccccc3n2)c1F. The number of benzene rings is 2. The van der Waals surface area contributed by atoms with Gasteiger partial charge in [-0.1, -0.05) is 12.1 Å². The van der Waals surface area contributed by atoms with Crippen molar-refractivity contribution in [1.82, 2.24) is 9.97 Å². The summed E-state index contributed by atoms with van der Waals surface area (Å²) >= 11 is 0. The number of halogens is 3. The quantitative estimate of drug-likeness (QED) is 0.689. The molecule has 3 rings (SSSR count). The molecule has 0 saturated carbocycles. The van der Waals surface area contributed by atoms with E-state index in [0.717, 1.165) is 7.11 Å². The lowest BCUT2D eigenvalue weighted by Crippen LogP contribution is -2.00. The lowest BCUT2D eigenvalue weighted by molar-refractivity contribution is 0.330. The molecule has 0 atom stereocenters. The van der Waals surface area contributed by atoms with E-state index in [1.807, 2.05) is 0 Å². The summed E-state index contributed by atoms with van der Waals surface area (Å²) in [5.74, 6) is -5.31. The van der Waals surface area contributed by atoms with Gasteiger partial charge in [0.2, 0.25) is 17.5 Å². The Bertz CT molecular complexity index is 856. The molecular weight excluding hydrogens is 297 g/mol. The van der Waals surface area contributed by atoms with Gasteiger partial charge in [0.15, 0.2) is 17.3 Å². The van der Waals surface area contributed by atoms with E-state index in [1.54, 1.807) is 24.3 Å². The number of hydrogen-bond acceptors (Lipinski definition) is 4. The second kappa shape index (κ2) is 5.51. The number of hydrogen-bond donors (Lipinski definition) is 0. The van der Waals surface area contributed by atoms with Crippen LogP contribution >= 0.6 is 0 Å². The number of aromatic nitrogens is 2. The molecule has 0 unspecified atom stereocenters. The summed E-state index contributed by atoms with van der Waals surface area (Å²) in [5, 5.41) is 0. The normalized spacial score (nSPS) is 10.7. The molecule has 7 heteroatoms. The number of methoxy groups -OCH3 is 1. The molecule has 0 spiro atoms. The standard InChI is InChI=1S/C15H9F3N2O2/c1-21-15-13(17)8(16)6-11(14(15)18)22-12-7-19-9-4-2-3-5-10(9)20-12/h2-7H,1H3. The van der Waals surface area contributed by atoms with Gasteiger partial charge in [0.1, 0.15) is 0 Å². The third-order valence-corrected chi connectivity index (χ3v) is 2.93. The smallest absolute Gasteiger partial charge is 0.238 e. The van der Waals surface area contributed by atoms with E-state index in [2.05, 4.69) is 14.7 Å². The third kappa shape index (κ3) is 2.41. The minimum Gasteiger partial charge on any atom is -0.491 e. The largest absolute Gasteiger partial charge is 0.491 e. The van der Waals surface area contributed by atoms with Crippen molar-refractivity contribution in [3.05, 3.63) is 54.0 Å². The van der Waals surface area contributed by atoms with E-state index in [1.165, 1.54) is 6.20 Å². The predicted molar refractivity (Wildman–Crippen MR) is 72.5 cm³/mol. The van der Waals surface area contributed by atoms with Crippen LogP contribution < -0.4 is 9.47 Å². The molecule has 0 radical (unpaired) electrons. The van der Waals surface area contributed by atoms with Crippen LogP contribution in [0.2, 0.25) is 0 Å². The van der Waals surface area contributed by atoms with E-state index in [-0.39, 0.29) is 5.88 Å². The zero-order valence-corrected chi connectivity index (χ0v) is 11.3. The van der Waals surface area contributed by atoms with Crippen LogP contribution in [0.25, 0.3) is 11.0 Å². The first-order valence-electron chi connectivity index (χ1n) is 6.21. The molecule has 0 saturated heterocycles. The first-order valence-corrected chi connectivity index (χ1v) is 6.21. The monoisotopic (exact) mass is 306 g/mol. The number of nitrogens with zero attached hydrogens (tertiary/aromatic N) is 2. The summed E-state index contributed by atoms with van der Waals surface area (Å²) in [5.41, 5.74) is 1.15. The van der Waals surface area contributed by atoms with Crippen molar-refractivity contribution in [2.24, 2.45) is 0 Å². The minimum atomic E-state index is -1.42. The average Bonchev–Trinajstić information content (AvgIpc) is 2.53. The summed E-state index contributed by atoms with van der Waals surface area (Å²) in [4.78, 5) is 8.19. The molecule has 1 aromatic heterocycles. The van der Waals surface area contributed by atoms with Gasteiger partial charge in [0.25, 0.3) is 0 Å². The molecular formula is C15H9F3N2O2. The van der Waals surface area contributed by atoms with Crippen molar-refractivity contribution >= 4 is 11.0 Å². The lowest BCUT2D eigenvalue weighted by atomic mass is 10.3. The summed E-state index contributed by atoms with van der Waals surface area (Å²) in [6, 6.07) is 7.56. The van der Waals surface area contributed by atoms with Crippen molar-refractivity contribution < 1.29 is 22.6 Å². The molecule has 22 heavy (non-hydrogen) atoms. The maximum Gasteiger partial charge on any atom is 0.238 e. The summed E-state index contributed by atoms with van der Waals surface area (Å²) in [6.45, 7) is 0. The van der Waals surface area contributed by atoms with Gasteiger partial charge < -0.3 is 9.47 Å². The van der Waals surface area contributed by atoms with Gasteiger partial charge in [0.05, 0.1) is 24.3 Å². The molecule has 3 aromatic rings. The molecule has 0 aliphatic carbocycles. The Hall–Kier alpha value is -2.83. The Morgan fingerprint density at radius 2 is 1.73 bits per heavy atom. The molecule has 0 aliphatic rings. The highest BCUT2D eigenvalue weighted by Gasteiger charge is 2.21. The second-order valence-electron chi connectivity index (χ2n) is 4.32. The number of ether oxygens (including phenoxy) is 2.